The topological polar surface area (TPSA) is 161 Å². The van der Waals surface area contributed by atoms with Crippen molar-refractivity contribution in [3.05, 3.63) is 40.7 Å². The summed E-state index contributed by atoms with van der Waals surface area (Å²) in [6.07, 6.45) is 1.17. The van der Waals surface area contributed by atoms with Crippen molar-refractivity contribution in [1.82, 2.24) is 14.9 Å². The maximum Gasteiger partial charge on any atom is 0.328 e. The maximum absolute atomic E-state index is 15.7. The fourth-order valence-corrected chi connectivity index (χ4v) is 5.13. The number of nitriles is 1. The number of hydrogen-bond donors (Lipinski definition) is 3. The monoisotopic (exact) mass is 523 g/mol. The fourth-order valence-electron chi connectivity index (χ4n) is 5.13. The quantitative estimate of drug-likeness (QED) is 0.345. The molecule has 2 aromatic heterocycles. The van der Waals surface area contributed by atoms with Gasteiger partial charge in [0.2, 0.25) is 0 Å². The van der Waals surface area contributed by atoms with E-state index in [1.807, 2.05) is 6.07 Å². The molecule has 0 radical (unpaired) electrons. The van der Waals surface area contributed by atoms with E-state index < -0.39 is 29.8 Å². The Balaban J connectivity index is 1.42. The molecular formula is C25H26FN7O5. The second-order valence-electron chi connectivity index (χ2n) is 9.56. The van der Waals surface area contributed by atoms with E-state index in [0.717, 1.165) is 0 Å². The van der Waals surface area contributed by atoms with Gasteiger partial charge >= 0.3 is 6.03 Å². The van der Waals surface area contributed by atoms with Crippen LogP contribution in [-0.4, -0.2) is 77.2 Å². The molecule has 5 heterocycles. The number of hydrogen-bond acceptors (Lipinski definition) is 9. The van der Waals surface area contributed by atoms with E-state index >= 15 is 4.39 Å². The van der Waals surface area contributed by atoms with Crippen LogP contribution >= 0.6 is 0 Å². The Morgan fingerprint density at radius 3 is 2.87 bits per heavy atom. The molecule has 6 rings (SSSR count). The van der Waals surface area contributed by atoms with Crippen molar-refractivity contribution in [2.24, 2.45) is 0 Å². The normalized spacial score (nSPS) is 23.4. The number of aldehydes is 1. The molecule has 13 heteroatoms. The van der Waals surface area contributed by atoms with Crippen LogP contribution in [0.25, 0.3) is 0 Å². The largest absolute Gasteiger partial charge is 0.383 e. The Bertz CT molecular complexity index is 1340. The zero-order valence-corrected chi connectivity index (χ0v) is 20.6. The summed E-state index contributed by atoms with van der Waals surface area (Å²) in [5, 5.41) is 24.8. The fraction of sp³-hybridized carbons (Fsp3) is 0.440. The van der Waals surface area contributed by atoms with E-state index in [1.54, 1.807) is 7.11 Å². The number of halogens is 1. The standard InChI is InChI=1S/C25H26FN7O5/c1-38-5-3-28-18-7-21(29-11-15(18)10-27)31-24(37)33-16-8-25(26,9-16)17-6-14(19(13-34)30-22(17)33)12-32-4-2-20(35)23(32)36/h6-7,11,13,16,20,35H,2-5,8-9,12H2,1H3,(H2,28,29,31,37). The van der Waals surface area contributed by atoms with E-state index in [9.17, 15) is 24.8 Å². The molecule has 1 saturated heterocycles. The lowest BCUT2D eigenvalue weighted by atomic mass is 9.68. The molecule has 2 bridgehead atoms. The lowest BCUT2D eigenvalue weighted by Gasteiger charge is -2.52. The van der Waals surface area contributed by atoms with Crippen molar-refractivity contribution < 1.29 is 28.6 Å². The van der Waals surface area contributed by atoms with Gasteiger partial charge in [-0.2, -0.15) is 5.26 Å². The highest BCUT2D eigenvalue weighted by atomic mass is 19.1. The number of carbonyl (C=O) groups excluding carboxylic acids is 3. The van der Waals surface area contributed by atoms with Crippen molar-refractivity contribution >= 4 is 35.5 Å². The summed E-state index contributed by atoms with van der Waals surface area (Å²) >= 11 is 0. The third-order valence-electron chi connectivity index (χ3n) is 7.15. The number of urea groups is 1. The van der Waals surface area contributed by atoms with Gasteiger partial charge in [-0.05, 0) is 12.5 Å². The van der Waals surface area contributed by atoms with Crippen LogP contribution in [0.3, 0.4) is 0 Å². The number of anilines is 3. The number of methoxy groups -OCH3 is 1. The Labute approximate surface area is 217 Å². The van der Waals surface area contributed by atoms with Crippen LogP contribution in [0.5, 0.6) is 0 Å². The zero-order valence-electron chi connectivity index (χ0n) is 20.6. The second kappa shape index (κ2) is 9.96. The summed E-state index contributed by atoms with van der Waals surface area (Å²) in [6, 6.07) is 3.99. The minimum absolute atomic E-state index is 0.00393. The van der Waals surface area contributed by atoms with Gasteiger partial charge < -0.3 is 20.1 Å². The number of aliphatic hydroxyl groups is 1. The van der Waals surface area contributed by atoms with Crippen LogP contribution in [0, 0.1) is 11.3 Å². The molecule has 3 amide bonds. The number of alkyl halides is 1. The molecule has 2 fully saturated rings. The number of ether oxygens (including phenoxy) is 1. The highest BCUT2D eigenvalue weighted by Crippen LogP contribution is 2.55. The molecule has 1 unspecified atom stereocenters. The summed E-state index contributed by atoms with van der Waals surface area (Å²) in [7, 11) is 1.55. The first-order valence-electron chi connectivity index (χ1n) is 12.2. The average molecular weight is 524 g/mol. The van der Waals surface area contributed by atoms with Crippen LogP contribution in [0.15, 0.2) is 18.3 Å². The van der Waals surface area contributed by atoms with E-state index in [4.69, 9.17) is 4.74 Å². The van der Waals surface area contributed by atoms with Crippen molar-refractivity contribution in [3.63, 3.8) is 0 Å². The highest BCUT2D eigenvalue weighted by molar-refractivity contribution is 6.03. The van der Waals surface area contributed by atoms with Gasteiger partial charge in [-0.25, -0.2) is 19.2 Å². The molecule has 3 aliphatic heterocycles. The molecule has 3 N–H and O–H groups in total. The predicted molar refractivity (Wildman–Crippen MR) is 132 cm³/mol. The summed E-state index contributed by atoms with van der Waals surface area (Å²) in [5.74, 6) is -0.242. The molecule has 2 aromatic rings. The van der Waals surface area contributed by atoms with Crippen LogP contribution in [0.1, 0.15) is 46.4 Å². The second-order valence-corrected chi connectivity index (χ2v) is 9.56. The maximum atomic E-state index is 15.7. The smallest absolute Gasteiger partial charge is 0.328 e. The van der Waals surface area contributed by atoms with Gasteiger partial charge in [-0.15, -0.1) is 0 Å². The van der Waals surface area contributed by atoms with Crippen LogP contribution in [0.4, 0.5) is 26.5 Å². The molecule has 12 nitrogen and oxygen atoms in total. The minimum Gasteiger partial charge on any atom is -0.383 e. The molecule has 0 spiro atoms. The predicted octanol–water partition coefficient (Wildman–Crippen LogP) is 1.69. The van der Waals surface area contributed by atoms with Crippen molar-refractivity contribution in [2.75, 3.05) is 42.3 Å². The summed E-state index contributed by atoms with van der Waals surface area (Å²) in [4.78, 5) is 48.7. The number of rotatable bonds is 8. The van der Waals surface area contributed by atoms with Crippen LogP contribution in [-0.2, 0) is 21.7 Å². The number of aromatic nitrogens is 2. The summed E-state index contributed by atoms with van der Waals surface area (Å²) < 4.78 is 20.7. The molecule has 1 aliphatic carbocycles. The van der Waals surface area contributed by atoms with Crippen LogP contribution < -0.4 is 15.5 Å². The third kappa shape index (κ3) is 4.42. The molecule has 1 atom stereocenters. The van der Waals surface area contributed by atoms with E-state index in [2.05, 4.69) is 20.6 Å². The van der Waals surface area contributed by atoms with E-state index in [1.165, 1.54) is 28.1 Å². The average Bonchev–Trinajstić information content (AvgIpc) is 3.20. The Hall–Kier alpha value is -4.15. The van der Waals surface area contributed by atoms with Gasteiger partial charge in [0.25, 0.3) is 5.91 Å². The van der Waals surface area contributed by atoms with E-state index in [0.29, 0.717) is 37.2 Å². The number of likely N-dealkylation sites (tertiary alicyclic amines) is 1. The van der Waals surface area contributed by atoms with Gasteiger partial charge in [0.1, 0.15) is 35.2 Å². The Kier molecular flexibility index (Phi) is 6.68. The molecule has 4 aliphatic rings. The molecule has 0 aromatic carbocycles. The number of amides is 3. The SMILES string of the molecule is COCCNc1cc(NC(=O)N2c3nc(C=O)c(CN4CCC(O)C4=O)cc3C3(F)CC2C3)ncc1C#N. The number of carbonyl (C=O) groups is 3. The first-order valence-corrected chi connectivity index (χ1v) is 12.2. The number of nitrogens with one attached hydrogen (secondary N) is 2. The lowest BCUT2D eigenvalue weighted by Crippen LogP contribution is -2.60. The molecular weight excluding hydrogens is 497 g/mol. The van der Waals surface area contributed by atoms with Gasteiger partial charge in [0, 0.05) is 69.0 Å². The molecule has 1 saturated carbocycles. The van der Waals surface area contributed by atoms with Crippen molar-refractivity contribution in [1.29, 1.82) is 5.26 Å². The third-order valence-corrected chi connectivity index (χ3v) is 7.15. The van der Waals surface area contributed by atoms with Gasteiger partial charge in [-0.3, -0.25) is 19.8 Å². The molecule has 198 valence electrons. The zero-order chi connectivity index (χ0) is 27.0. The summed E-state index contributed by atoms with van der Waals surface area (Å²) in [5.41, 5.74) is -0.422. The Morgan fingerprint density at radius 1 is 1.42 bits per heavy atom. The number of nitrogens with zero attached hydrogens (tertiary/aromatic N) is 5. The first kappa shape index (κ1) is 25.5. The summed E-state index contributed by atoms with van der Waals surface area (Å²) in [6.45, 7) is 1.16. The van der Waals surface area contributed by atoms with Gasteiger partial charge in [-0.1, -0.05) is 0 Å². The van der Waals surface area contributed by atoms with Crippen molar-refractivity contribution in [2.45, 2.75) is 43.6 Å². The Morgan fingerprint density at radius 2 is 2.21 bits per heavy atom. The number of pyridine rings is 2. The lowest BCUT2D eigenvalue weighted by molar-refractivity contribution is -0.134. The molecule has 38 heavy (non-hydrogen) atoms. The van der Waals surface area contributed by atoms with Crippen LogP contribution in [0.2, 0.25) is 0 Å². The highest BCUT2D eigenvalue weighted by Gasteiger charge is 2.57. The first-order chi connectivity index (χ1) is 18.3. The van der Waals surface area contributed by atoms with Gasteiger partial charge in [0.05, 0.1) is 17.9 Å². The van der Waals surface area contributed by atoms with Crippen molar-refractivity contribution in [3.8, 4) is 6.07 Å². The minimum atomic E-state index is -1.69. The van der Waals surface area contributed by atoms with Gasteiger partial charge in [0.15, 0.2) is 6.29 Å². The van der Waals surface area contributed by atoms with E-state index in [-0.39, 0.29) is 54.3 Å². The number of aliphatic hydroxyl groups excluding tert-OH is 1.